The number of halogens is 2. The highest BCUT2D eigenvalue weighted by Gasteiger charge is 2.18. The Bertz CT molecular complexity index is 1180. The van der Waals surface area contributed by atoms with Crippen LogP contribution in [0.15, 0.2) is 66.7 Å². The van der Waals surface area contributed by atoms with Gasteiger partial charge in [-0.05, 0) is 87.1 Å². The summed E-state index contributed by atoms with van der Waals surface area (Å²) < 4.78 is 0. The minimum atomic E-state index is -0.0981. The van der Waals surface area contributed by atoms with Crippen LogP contribution in [0.2, 0.25) is 0 Å². The predicted octanol–water partition coefficient (Wildman–Crippen LogP) is 5.81. The summed E-state index contributed by atoms with van der Waals surface area (Å²) in [5, 5.41) is 3.23. The molecule has 0 saturated carbocycles. The average molecular weight is 544 g/mol. The Kier molecular flexibility index (Phi) is 11.5. The summed E-state index contributed by atoms with van der Waals surface area (Å²) in [7, 11) is 6.32. The molecule has 3 aromatic carbocycles. The second-order valence-electron chi connectivity index (χ2n) is 10.0. The van der Waals surface area contributed by atoms with E-state index in [2.05, 4.69) is 115 Å². The van der Waals surface area contributed by atoms with Gasteiger partial charge >= 0.3 is 0 Å². The third-order valence-electron chi connectivity index (χ3n) is 6.83. The maximum absolute atomic E-state index is 13.3. The monoisotopic (exact) mass is 542 g/mol. The van der Waals surface area contributed by atoms with E-state index in [1.54, 1.807) is 0 Å². The summed E-state index contributed by atoms with van der Waals surface area (Å²) in [6.45, 7) is 9.03. The van der Waals surface area contributed by atoms with Gasteiger partial charge in [0.25, 0.3) is 5.91 Å². The van der Waals surface area contributed by atoms with Crippen molar-refractivity contribution < 1.29 is 4.79 Å². The summed E-state index contributed by atoms with van der Waals surface area (Å²) in [5.74, 6) is -0.0237. The number of aryl methyl sites for hydroxylation is 1. The molecule has 0 spiro atoms. The number of anilines is 1. The van der Waals surface area contributed by atoms with E-state index in [9.17, 15) is 4.79 Å². The van der Waals surface area contributed by atoms with Crippen LogP contribution in [0.4, 0.5) is 5.69 Å². The minimum absolute atomic E-state index is 0. The molecule has 0 unspecified atom stereocenters. The lowest BCUT2D eigenvalue weighted by atomic mass is 9.98. The van der Waals surface area contributed by atoms with Crippen LogP contribution in [0.25, 0.3) is 11.1 Å². The summed E-state index contributed by atoms with van der Waals surface area (Å²) in [5.41, 5.74) is 7.62. The Labute approximate surface area is 234 Å². The van der Waals surface area contributed by atoms with E-state index in [0.29, 0.717) is 0 Å². The normalized spacial score (nSPS) is 14.5. The lowest BCUT2D eigenvalue weighted by Crippen LogP contribution is -2.44. The van der Waals surface area contributed by atoms with E-state index in [4.69, 9.17) is 0 Å². The van der Waals surface area contributed by atoms with Gasteiger partial charge in [0.05, 0.1) is 6.04 Å². The van der Waals surface area contributed by atoms with E-state index < -0.39 is 0 Å². The smallest absolute Gasteiger partial charge is 0.252 e. The van der Waals surface area contributed by atoms with Crippen molar-refractivity contribution in [2.45, 2.75) is 26.4 Å². The minimum Gasteiger partial charge on any atom is -0.369 e. The Hall–Kier alpha value is -2.57. The second kappa shape index (κ2) is 13.8. The topological polar surface area (TPSA) is 38.8 Å². The lowest BCUT2D eigenvalue weighted by Gasteiger charge is -2.34. The molecule has 3 aromatic rings. The molecule has 0 aromatic heterocycles. The molecule has 7 heteroatoms. The number of nitrogens with one attached hydrogen (secondary N) is 1. The fourth-order valence-corrected chi connectivity index (χ4v) is 4.68. The van der Waals surface area contributed by atoms with Crippen molar-refractivity contribution in [1.82, 2.24) is 15.1 Å². The number of nitrogens with zero attached hydrogens (tertiary/aromatic N) is 3. The third kappa shape index (κ3) is 7.96. The zero-order valence-electron chi connectivity index (χ0n) is 22.5. The van der Waals surface area contributed by atoms with Crippen LogP contribution in [0.5, 0.6) is 0 Å². The third-order valence-corrected chi connectivity index (χ3v) is 6.83. The van der Waals surface area contributed by atoms with Gasteiger partial charge in [-0.2, -0.15) is 0 Å². The van der Waals surface area contributed by atoms with Crippen molar-refractivity contribution in [2.24, 2.45) is 0 Å². The number of hydrogen-bond donors (Lipinski definition) is 1. The summed E-state index contributed by atoms with van der Waals surface area (Å²) in [6, 6.07) is 23.3. The zero-order chi connectivity index (χ0) is 24.9. The number of carbonyl (C=O) groups is 1. The van der Waals surface area contributed by atoms with Crippen molar-refractivity contribution >= 4 is 36.4 Å². The van der Waals surface area contributed by atoms with E-state index in [0.717, 1.165) is 60.7 Å². The van der Waals surface area contributed by atoms with Crippen LogP contribution in [0.3, 0.4) is 0 Å². The molecule has 1 aliphatic rings. The molecule has 1 fully saturated rings. The van der Waals surface area contributed by atoms with Crippen molar-refractivity contribution in [1.29, 1.82) is 0 Å². The Morgan fingerprint density at radius 2 is 1.57 bits per heavy atom. The highest BCUT2D eigenvalue weighted by atomic mass is 35.5. The van der Waals surface area contributed by atoms with Gasteiger partial charge in [-0.3, -0.25) is 4.79 Å². The van der Waals surface area contributed by atoms with Crippen molar-refractivity contribution in [3.05, 3.63) is 89.0 Å². The quantitative estimate of drug-likeness (QED) is 0.408. The number of hydrogen-bond acceptors (Lipinski definition) is 4. The maximum Gasteiger partial charge on any atom is 0.252 e. The molecule has 1 saturated heterocycles. The summed E-state index contributed by atoms with van der Waals surface area (Å²) in [4.78, 5) is 20.2. The molecule has 0 aliphatic carbocycles. The average Bonchev–Trinajstić information content (AvgIpc) is 2.84. The molecular formula is C30H40Cl2N4O. The van der Waals surface area contributed by atoms with Crippen molar-refractivity contribution in [3.8, 4) is 11.1 Å². The number of piperazine rings is 1. The van der Waals surface area contributed by atoms with Crippen LogP contribution in [0, 0.1) is 6.92 Å². The first-order chi connectivity index (χ1) is 16.8. The van der Waals surface area contributed by atoms with Crippen molar-refractivity contribution in [3.63, 3.8) is 0 Å². The van der Waals surface area contributed by atoms with Crippen LogP contribution in [-0.2, 0) is 6.54 Å². The van der Waals surface area contributed by atoms with Gasteiger partial charge in [-0.1, -0.05) is 42.5 Å². The van der Waals surface area contributed by atoms with Gasteiger partial charge in [0, 0.05) is 44.0 Å². The molecule has 5 nitrogen and oxygen atoms in total. The molecule has 4 rings (SSSR count). The summed E-state index contributed by atoms with van der Waals surface area (Å²) in [6.07, 6.45) is 0. The molecule has 1 heterocycles. The second-order valence-corrected chi connectivity index (χ2v) is 10.0. The van der Waals surface area contributed by atoms with E-state index in [1.807, 2.05) is 6.92 Å². The van der Waals surface area contributed by atoms with Crippen LogP contribution in [-0.4, -0.2) is 63.0 Å². The van der Waals surface area contributed by atoms with Crippen LogP contribution < -0.4 is 10.2 Å². The molecule has 1 N–H and O–H groups in total. The number of carbonyl (C=O) groups excluding carboxylic acids is 1. The first-order valence-electron chi connectivity index (χ1n) is 12.5. The maximum atomic E-state index is 13.3. The largest absolute Gasteiger partial charge is 0.369 e. The van der Waals surface area contributed by atoms with Gasteiger partial charge in [0.2, 0.25) is 0 Å². The van der Waals surface area contributed by atoms with Gasteiger partial charge in [0.15, 0.2) is 0 Å². The SMILES string of the molecule is Cc1ccc(N2CCN(C)CC2)cc1C(=O)N[C@H](C)c1cccc(-c2cccc(CN(C)C)c2)c1.Cl.Cl. The first-order valence-corrected chi connectivity index (χ1v) is 12.5. The van der Waals surface area contributed by atoms with Crippen LogP contribution >= 0.6 is 24.8 Å². The fraction of sp³-hybridized carbons (Fsp3) is 0.367. The Morgan fingerprint density at radius 3 is 2.24 bits per heavy atom. The standard InChI is InChI=1S/C30H38N4O.2ClH/c1-22-12-13-28(34-16-14-33(5)15-17-34)20-29(22)30(35)31-23(2)25-9-7-11-27(19-25)26-10-6-8-24(18-26)21-32(3)4;;/h6-13,18-20,23H,14-17,21H2,1-5H3,(H,31,35);2*1H/t23-;;/m1../s1. The number of likely N-dealkylation sites (N-methyl/N-ethyl adjacent to an activating group) is 1. The molecule has 1 aliphatic heterocycles. The number of amides is 1. The molecule has 1 amide bonds. The number of benzene rings is 3. The summed E-state index contributed by atoms with van der Waals surface area (Å²) >= 11 is 0. The first kappa shape index (κ1) is 30.7. The highest BCUT2D eigenvalue weighted by Crippen LogP contribution is 2.26. The van der Waals surface area contributed by atoms with Gasteiger partial charge in [-0.15, -0.1) is 24.8 Å². The Balaban J connectivity index is 0.00000241. The van der Waals surface area contributed by atoms with Crippen molar-refractivity contribution in [2.75, 3.05) is 52.2 Å². The molecule has 1 atom stereocenters. The molecule has 200 valence electrons. The lowest BCUT2D eigenvalue weighted by molar-refractivity contribution is 0.0939. The predicted molar refractivity (Wildman–Crippen MR) is 161 cm³/mol. The molecule has 0 radical (unpaired) electrons. The van der Waals surface area contributed by atoms with Crippen LogP contribution in [0.1, 0.15) is 40.0 Å². The van der Waals surface area contributed by atoms with Gasteiger partial charge < -0.3 is 20.0 Å². The molecule has 0 bridgehead atoms. The van der Waals surface area contributed by atoms with Gasteiger partial charge in [-0.25, -0.2) is 0 Å². The number of rotatable bonds is 7. The van der Waals surface area contributed by atoms with E-state index in [1.165, 1.54) is 11.1 Å². The highest BCUT2D eigenvalue weighted by molar-refractivity contribution is 5.97. The van der Waals surface area contributed by atoms with E-state index >= 15 is 0 Å². The molecule has 37 heavy (non-hydrogen) atoms. The fourth-order valence-electron chi connectivity index (χ4n) is 4.68. The zero-order valence-corrected chi connectivity index (χ0v) is 24.2. The van der Waals surface area contributed by atoms with E-state index in [-0.39, 0.29) is 36.8 Å². The van der Waals surface area contributed by atoms with Gasteiger partial charge in [0.1, 0.15) is 0 Å². The molecular weight excluding hydrogens is 503 g/mol. The Morgan fingerprint density at radius 1 is 0.919 bits per heavy atom.